The summed E-state index contributed by atoms with van der Waals surface area (Å²) in [5.41, 5.74) is 0.170. The normalized spacial score (nSPS) is 12.8. The molecule has 1 atom stereocenters. The second-order valence-electron chi connectivity index (χ2n) is 5.99. The van der Waals surface area contributed by atoms with Crippen LogP contribution in [-0.2, 0) is 4.79 Å². The minimum absolute atomic E-state index is 0.0152. The molecule has 1 unspecified atom stereocenters. The Balaban J connectivity index is 2.87. The lowest BCUT2D eigenvalue weighted by atomic mass is 9.80. The van der Waals surface area contributed by atoms with Crippen molar-refractivity contribution in [3.05, 3.63) is 28.8 Å². The molecule has 110 valence electrons. The number of aromatic carboxylic acids is 1. The molecule has 0 radical (unpaired) electrons. The summed E-state index contributed by atoms with van der Waals surface area (Å²) in [5, 5.41) is 11.9. The monoisotopic (exact) mass is 297 g/mol. The van der Waals surface area contributed by atoms with E-state index < -0.39 is 5.97 Å². The fourth-order valence-corrected chi connectivity index (χ4v) is 1.89. The van der Waals surface area contributed by atoms with Crippen LogP contribution in [0.15, 0.2) is 18.2 Å². The van der Waals surface area contributed by atoms with E-state index in [1.54, 1.807) is 6.07 Å². The van der Waals surface area contributed by atoms with Crippen LogP contribution in [0.4, 0.5) is 5.69 Å². The minimum atomic E-state index is -1.16. The van der Waals surface area contributed by atoms with E-state index in [4.69, 9.17) is 16.7 Å². The number of amides is 1. The number of anilines is 1. The second-order valence-corrected chi connectivity index (χ2v) is 6.39. The van der Waals surface area contributed by atoms with E-state index in [2.05, 4.69) is 26.1 Å². The van der Waals surface area contributed by atoms with Crippen molar-refractivity contribution < 1.29 is 14.7 Å². The summed E-state index contributed by atoms with van der Waals surface area (Å²) < 4.78 is 0. The standard InChI is InChI=1S/C15H20ClNO3/c1-9(15(2,3)4)8-12(18)17-11-7-5-6-10(16)13(11)14(19)20/h5-7,9H,8H2,1-4H3,(H,17,18)(H,19,20). The molecular weight excluding hydrogens is 278 g/mol. The van der Waals surface area contributed by atoms with Crippen LogP contribution in [0.1, 0.15) is 44.5 Å². The van der Waals surface area contributed by atoms with Crippen LogP contribution in [0.3, 0.4) is 0 Å². The first-order chi connectivity index (χ1) is 9.12. The first-order valence-corrected chi connectivity index (χ1v) is 6.82. The van der Waals surface area contributed by atoms with Crippen molar-refractivity contribution in [1.29, 1.82) is 0 Å². The van der Waals surface area contributed by atoms with E-state index in [0.717, 1.165) is 0 Å². The molecule has 4 nitrogen and oxygen atoms in total. The van der Waals surface area contributed by atoms with Gasteiger partial charge in [-0.3, -0.25) is 4.79 Å². The average Bonchev–Trinajstić information content (AvgIpc) is 2.26. The SMILES string of the molecule is CC(CC(=O)Nc1cccc(Cl)c1C(=O)O)C(C)(C)C. The predicted molar refractivity (Wildman–Crippen MR) is 80.3 cm³/mol. The maximum atomic E-state index is 12.0. The number of carbonyl (C=O) groups is 2. The van der Waals surface area contributed by atoms with Crippen LogP contribution in [0.25, 0.3) is 0 Å². The molecule has 2 N–H and O–H groups in total. The van der Waals surface area contributed by atoms with Gasteiger partial charge in [-0.25, -0.2) is 4.79 Å². The van der Waals surface area contributed by atoms with E-state index in [1.807, 2.05) is 6.92 Å². The molecule has 0 aliphatic carbocycles. The van der Waals surface area contributed by atoms with Gasteiger partial charge in [0.2, 0.25) is 5.91 Å². The van der Waals surface area contributed by atoms with Crippen LogP contribution in [0.2, 0.25) is 5.02 Å². The highest BCUT2D eigenvalue weighted by Crippen LogP contribution is 2.29. The van der Waals surface area contributed by atoms with Crippen LogP contribution < -0.4 is 5.32 Å². The van der Waals surface area contributed by atoms with Crippen molar-refractivity contribution >= 4 is 29.2 Å². The van der Waals surface area contributed by atoms with Crippen LogP contribution in [0.5, 0.6) is 0 Å². The van der Waals surface area contributed by atoms with E-state index in [9.17, 15) is 9.59 Å². The molecule has 0 saturated heterocycles. The summed E-state index contributed by atoms with van der Waals surface area (Å²) in [5.74, 6) is -1.19. The van der Waals surface area contributed by atoms with E-state index in [0.29, 0.717) is 6.42 Å². The van der Waals surface area contributed by atoms with E-state index >= 15 is 0 Å². The molecule has 0 bridgehead atoms. The lowest BCUT2D eigenvalue weighted by Crippen LogP contribution is -2.24. The lowest BCUT2D eigenvalue weighted by Gasteiger charge is -2.26. The fourth-order valence-electron chi connectivity index (χ4n) is 1.63. The molecule has 0 aliphatic heterocycles. The third-order valence-electron chi connectivity index (χ3n) is 3.47. The third-order valence-corrected chi connectivity index (χ3v) is 3.79. The highest BCUT2D eigenvalue weighted by molar-refractivity contribution is 6.34. The molecule has 0 spiro atoms. The van der Waals surface area contributed by atoms with Crippen molar-refractivity contribution in [3.8, 4) is 0 Å². The number of hydrogen-bond acceptors (Lipinski definition) is 2. The van der Waals surface area contributed by atoms with Gasteiger partial charge in [-0.2, -0.15) is 0 Å². The van der Waals surface area contributed by atoms with Crippen molar-refractivity contribution in [2.24, 2.45) is 11.3 Å². The number of carbonyl (C=O) groups excluding carboxylic acids is 1. The number of benzene rings is 1. The van der Waals surface area contributed by atoms with Crippen molar-refractivity contribution in [1.82, 2.24) is 0 Å². The summed E-state index contributed by atoms with van der Waals surface area (Å²) >= 11 is 5.85. The summed E-state index contributed by atoms with van der Waals surface area (Å²) in [6.07, 6.45) is 0.328. The van der Waals surface area contributed by atoms with Gasteiger partial charge in [-0.05, 0) is 23.5 Å². The van der Waals surface area contributed by atoms with Gasteiger partial charge >= 0.3 is 5.97 Å². The molecule has 1 rings (SSSR count). The Labute approximate surface area is 124 Å². The highest BCUT2D eigenvalue weighted by Gasteiger charge is 2.23. The van der Waals surface area contributed by atoms with Gasteiger partial charge in [0.1, 0.15) is 5.56 Å². The molecule has 0 aliphatic rings. The summed E-state index contributed by atoms with van der Waals surface area (Å²) in [7, 11) is 0. The quantitative estimate of drug-likeness (QED) is 0.881. The second kappa shape index (κ2) is 6.27. The predicted octanol–water partition coefficient (Wildman–Crippen LogP) is 4.05. The lowest BCUT2D eigenvalue weighted by molar-refractivity contribution is -0.117. The highest BCUT2D eigenvalue weighted by atomic mass is 35.5. The number of nitrogens with one attached hydrogen (secondary N) is 1. The Morgan fingerprint density at radius 3 is 2.45 bits per heavy atom. The molecule has 1 aromatic carbocycles. The first kappa shape index (κ1) is 16.5. The largest absolute Gasteiger partial charge is 0.478 e. The first-order valence-electron chi connectivity index (χ1n) is 6.44. The number of halogens is 1. The molecule has 20 heavy (non-hydrogen) atoms. The summed E-state index contributed by atoms with van der Waals surface area (Å²) in [6, 6.07) is 4.63. The van der Waals surface area contributed by atoms with Crippen LogP contribution in [-0.4, -0.2) is 17.0 Å². The molecule has 0 heterocycles. The van der Waals surface area contributed by atoms with Gasteiger partial charge in [0.25, 0.3) is 0 Å². The number of rotatable bonds is 4. The zero-order chi connectivity index (χ0) is 15.5. The van der Waals surface area contributed by atoms with Gasteiger partial charge in [-0.1, -0.05) is 45.4 Å². The third kappa shape index (κ3) is 4.23. The average molecular weight is 298 g/mol. The van der Waals surface area contributed by atoms with Gasteiger partial charge in [0, 0.05) is 6.42 Å². The Morgan fingerprint density at radius 1 is 1.35 bits per heavy atom. The molecule has 1 aromatic rings. The van der Waals surface area contributed by atoms with Crippen molar-refractivity contribution in [3.63, 3.8) is 0 Å². The zero-order valence-electron chi connectivity index (χ0n) is 12.2. The van der Waals surface area contributed by atoms with Gasteiger partial charge in [0.05, 0.1) is 10.7 Å². The van der Waals surface area contributed by atoms with Gasteiger partial charge in [-0.15, -0.1) is 0 Å². The molecule has 5 heteroatoms. The number of hydrogen-bond donors (Lipinski definition) is 2. The van der Waals surface area contributed by atoms with Crippen molar-refractivity contribution in [2.45, 2.75) is 34.1 Å². The summed E-state index contributed by atoms with van der Waals surface area (Å²) in [6.45, 7) is 8.18. The molecule has 0 fully saturated rings. The number of carboxylic acids is 1. The minimum Gasteiger partial charge on any atom is -0.478 e. The van der Waals surface area contributed by atoms with Crippen LogP contribution >= 0.6 is 11.6 Å². The van der Waals surface area contributed by atoms with E-state index in [1.165, 1.54) is 12.1 Å². The Kier molecular flexibility index (Phi) is 5.17. The van der Waals surface area contributed by atoms with Crippen LogP contribution in [0, 0.1) is 11.3 Å². The summed E-state index contributed by atoms with van der Waals surface area (Å²) in [4.78, 5) is 23.2. The van der Waals surface area contributed by atoms with Gasteiger partial charge < -0.3 is 10.4 Å². The maximum Gasteiger partial charge on any atom is 0.339 e. The van der Waals surface area contributed by atoms with Crippen molar-refractivity contribution in [2.75, 3.05) is 5.32 Å². The number of carboxylic acid groups (broad SMARTS) is 1. The molecule has 0 aromatic heterocycles. The Hall–Kier alpha value is -1.55. The topological polar surface area (TPSA) is 66.4 Å². The Bertz CT molecular complexity index is 520. The maximum absolute atomic E-state index is 12.0. The van der Waals surface area contributed by atoms with E-state index in [-0.39, 0.29) is 33.5 Å². The molecule has 1 amide bonds. The molecular formula is C15H20ClNO3. The zero-order valence-corrected chi connectivity index (χ0v) is 12.9. The fraction of sp³-hybridized carbons (Fsp3) is 0.467. The molecule has 0 saturated carbocycles. The van der Waals surface area contributed by atoms with Gasteiger partial charge in [0.15, 0.2) is 0 Å². The smallest absolute Gasteiger partial charge is 0.339 e. The Morgan fingerprint density at radius 2 is 1.95 bits per heavy atom.